The Labute approximate surface area is 115 Å². The molecule has 0 heterocycles. The number of rotatable bonds is 4. The average molecular weight is 300 g/mol. The van der Waals surface area contributed by atoms with Gasteiger partial charge in [-0.3, -0.25) is 4.79 Å². The molecule has 7 heteroatoms. The van der Waals surface area contributed by atoms with E-state index >= 15 is 0 Å². The van der Waals surface area contributed by atoms with Crippen LogP contribution in [0.15, 0.2) is 12.1 Å². The molecule has 0 radical (unpaired) electrons. The number of esters is 1. The van der Waals surface area contributed by atoms with Crippen molar-refractivity contribution in [3.05, 3.63) is 34.4 Å². The summed E-state index contributed by atoms with van der Waals surface area (Å²) in [6.45, 7) is 1.84. The molecule has 1 rings (SSSR count). The van der Waals surface area contributed by atoms with Crippen LogP contribution in [0.2, 0.25) is 5.02 Å². The van der Waals surface area contributed by atoms with E-state index in [0.29, 0.717) is 0 Å². The zero-order valence-electron chi connectivity index (χ0n) is 9.58. The van der Waals surface area contributed by atoms with E-state index in [9.17, 15) is 13.6 Å². The molecule has 0 spiro atoms. The van der Waals surface area contributed by atoms with Gasteiger partial charge < -0.3 is 10.5 Å². The number of hydrogen-bond acceptors (Lipinski definition) is 3. The Kier molecular flexibility index (Phi) is 7.13. The summed E-state index contributed by atoms with van der Waals surface area (Å²) in [6.07, 6.45) is -0.256. The van der Waals surface area contributed by atoms with Crippen LogP contribution in [0.25, 0.3) is 0 Å². The SMILES string of the molecule is CCOC(=O)C[C@@H](N)c1c(F)ccc(F)c1Cl.Cl. The lowest BCUT2D eigenvalue weighted by Crippen LogP contribution is -2.19. The maximum absolute atomic E-state index is 13.4. The maximum Gasteiger partial charge on any atom is 0.307 e. The predicted molar refractivity (Wildman–Crippen MR) is 66.8 cm³/mol. The minimum absolute atomic E-state index is 0. The molecule has 0 fully saturated rings. The minimum Gasteiger partial charge on any atom is -0.466 e. The molecule has 1 atom stereocenters. The van der Waals surface area contributed by atoms with Crippen LogP contribution in [0, 0.1) is 11.6 Å². The number of carbonyl (C=O) groups is 1. The summed E-state index contributed by atoms with van der Waals surface area (Å²) in [5.41, 5.74) is 5.40. The Hall–Kier alpha value is -0.910. The molecule has 0 aliphatic rings. The Morgan fingerprint density at radius 2 is 2.00 bits per heavy atom. The summed E-state index contributed by atoms with van der Waals surface area (Å²) in [5.74, 6) is -2.10. The first-order valence-electron chi connectivity index (χ1n) is 5.02. The largest absolute Gasteiger partial charge is 0.466 e. The summed E-state index contributed by atoms with van der Waals surface area (Å²) in [4.78, 5) is 11.2. The summed E-state index contributed by atoms with van der Waals surface area (Å²) in [6, 6.07) is 0.789. The lowest BCUT2D eigenvalue weighted by atomic mass is 10.0. The monoisotopic (exact) mass is 299 g/mol. The quantitative estimate of drug-likeness (QED) is 0.687. The molecule has 2 N–H and O–H groups in total. The van der Waals surface area contributed by atoms with Crippen molar-refractivity contribution in [3.8, 4) is 0 Å². The molecule has 0 amide bonds. The van der Waals surface area contributed by atoms with Gasteiger partial charge >= 0.3 is 5.97 Å². The molecule has 0 aromatic heterocycles. The first kappa shape index (κ1) is 17.1. The van der Waals surface area contributed by atoms with Gasteiger partial charge in [0, 0.05) is 11.6 Å². The topological polar surface area (TPSA) is 52.3 Å². The highest BCUT2D eigenvalue weighted by Crippen LogP contribution is 2.29. The molecule has 0 bridgehead atoms. The van der Waals surface area contributed by atoms with Gasteiger partial charge in [-0.1, -0.05) is 11.6 Å². The molecule has 0 saturated carbocycles. The summed E-state index contributed by atoms with van der Waals surface area (Å²) >= 11 is 5.61. The number of benzene rings is 1. The van der Waals surface area contributed by atoms with Crippen LogP contribution in [-0.2, 0) is 9.53 Å². The van der Waals surface area contributed by atoms with Crippen LogP contribution in [0.5, 0.6) is 0 Å². The van der Waals surface area contributed by atoms with E-state index in [2.05, 4.69) is 4.74 Å². The van der Waals surface area contributed by atoms with E-state index < -0.39 is 28.7 Å². The predicted octanol–water partition coefficient (Wildman–Crippen LogP) is 2.99. The fourth-order valence-electron chi connectivity index (χ4n) is 1.38. The second kappa shape index (κ2) is 7.51. The molecule has 0 unspecified atom stereocenters. The molecule has 18 heavy (non-hydrogen) atoms. The summed E-state index contributed by atoms with van der Waals surface area (Å²) in [5, 5.41) is -0.401. The van der Waals surface area contributed by atoms with E-state index in [0.717, 1.165) is 12.1 Å². The number of ether oxygens (including phenoxy) is 1. The van der Waals surface area contributed by atoms with Crippen molar-refractivity contribution < 1.29 is 18.3 Å². The van der Waals surface area contributed by atoms with Gasteiger partial charge in [-0.15, -0.1) is 12.4 Å². The van der Waals surface area contributed by atoms with Gasteiger partial charge in [0.2, 0.25) is 0 Å². The normalized spacial score (nSPS) is 11.6. The Morgan fingerprint density at radius 1 is 1.44 bits per heavy atom. The zero-order chi connectivity index (χ0) is 13.0. The third-order valence-corrected chi connectivity index (χ3v) is 2.53. The van der Waals surface area contributed by atoms with Crippen molar-refractivity contribution in [1.82, 2.24) is 0 Å². The summed E-state index contributed by atoms with van der Waals surface area (Å²) in [7, 11) is 0. The maximum atomic E-state index is 13.4. The number of hydrogen-bond donors (Lipinski definition) is 1. The molecule has 0 aliphatic heterocycles. The first-order valence-corrected chi connectivity index (χ1v) is 5.39. The summed E-state index contributed by atoms with van der Waals surface area (Å²) < 4.78 is 31.2. The standard InChI is InChI=1S/C11H12ClF2NO2.ClH/c1-2-17-9(16)5-8(15)10-6(13)3-4-7(14)11(10)12;/h3-4,8H,2,5,15H2,1H3;1H/t8-;/m1./s1. The van der Waals surface area contributed by atoms with Gasteiger partial charge in [-0.25, -0.2) is 8.78 Å². The zero-order valence-corrected chi connectivity index (χ0v) is 11.2. The van der Waals surface area contributed by atoms with Gasteiger partial charge in [-0.05, 0) is 19.1 Å². The highest BCUT2D eigenvalue weighted by Gasteiger charge is 2.21. The fourth-order valence-corrected chi connectivity index (χ4v) is 1.68. The lowest BCUT2D eigenvalue weighted by Gasteiger charge is -2.14. The van der Waals surface area contributed by atoms with E-state index in [1.54, 1.807) is 6.92 Å². The Morgan fingerprint density at radius 3 is 2.56 bits per heavy atom. The molecule has 1 aromatic rings. The molecule has 102 valence electrons. The van der Waals surface area contributed by atoms with Gasteiger partial charge in [0.1, 0.15) is 11.6 Å². The molecule has 0 aliphatic carbocycles. The van der Waals surface area contributed by atoms with Crippen molar-refractivity contribution in [2.75, 3.05) is 6.61 Å². The van der Waals surface area contributed by atoms with Gasteiger partial charge in [0.05, 0.1) is 18.1 Å². The smallest absolute Gasteiger partial charge is 0.307 e. The fraction of sp³-hybridized carbons (Fsp3) is 0.364. The van der Waals surface area contributed by atoms with Crippen molar-refractivity contribution in [2.45, 2.75) is 19.4 Å². The van der Waals surface area contributed by atoms with Crippen molar-refractivity contribution >= 4 is 30.0 Å². The van der Waals surface area contributed by atoms with E-state index in [1.807, 2.05) is 0 Å². The third-order valence-electron chi connectivity index (χ3n) is 2.14. The third kappa shape index (κ3) is 4.08. The van der Waals surface area contributed by atoms with Crippen LogP contribution >= 0.6 is 24.0 Å². The van der Waals surface area contributed by atoms with E-state index in [-0.39, 0.29) is 31.0 Å². The Balaban J connectivity index is 0.00000289. The van der Waals surface area contributed by atoms with Crippen LogP contribution in [-0.4, -0.2) is 12.6 Å². The van der Waals surface area contributed by atoms with Crippen molar-refractivity contribution in [3.63, 3.8) is 0 Å². The van der Waals surface area contributed by atoms with Crippen LogP contribution in [0.4, 0.5) is 8.78 Å². The molecular formula is C11H13Cl2F2NO2. The number of carbonyl (C=O) groups excluding carboxylic acids is 1. The molecular weight excluding hydrogens is 287 g/mol. The average Bonchev–Trinajstić information content (AvgIpc) is 2.24. The second-order valence-electron chi connectivity index (χ2n) is 3.37. The van der Waals surface area contributed by atoms with Crippen molar-refractivity contribution in [2.24, 2.45) is 5.73 Å². The van der Waals surface area contributed by atoms with Gasteiger partial charge in [0.15, 0.2) is 0 Å². The van der Waals surface area contributed by atoms with E-state index in [4.69, 9.17) is 17.3 Å². The molecule has 0 saturated heterocycles. The van der Waals surface area contributed by atoms with Gasteiger partial charge in [-0.2, -0.15) is 0 Å². The van der Waals surface area contributed by atoms with Crippen molar-refractivity contribution in [1.29, 1.82) is 0 Å². The lowest BCUT2D eigenvalue weighted by molar-refractivity contribution is -0.143. The number of nitrogens with two attached hydrogens (primary N) is 1. The van der Waals surface area contributed by atoms with E-state index in [1.165, 1.54) is 0 Å². The molecule has 1 aromatic carbocycles. The molecule has 3 nitrogen and oxygen atoms in total. The minimum atomic E-state index is -1.03. The van der Waals surface area contributed by atoms with Crippen LogP contribution in [0.1, 0.15) is 24.9 Å². The number of halogens is 4. The second-order valence-corrected chi connectivity index (χ2v) is 3.75. The van der Waals surface area contributed by atoms with Crippen LogP contribution < -0.4 is 5.73 Å². The first-order chi connectivity index (χ1) is 7.97. The highest BCUT2D eigenvalue weighted by molar-refractivity contribution is 6.31. The highest BCUT2D eigenvalue weighted by atomic mass is 35.5. The Bertz CT molecular complexity index is 430. The van der Waals surface area contributed by atoms with Crippen LogP contribution in [0.3, 0.4) is 0 Å². The van der Waals surface area contributed by atoms with Gasteiger partial charge in [0.25, 0.3) is 0 Å².